The zero-order valence-electron chi connectivity index (χ0n) is 17.6. The van der Waals surface area contributed by atoms with Crippen LogP contribution in [0.5, 0.6) is 11.5 Å². The molecule has 170 valence electrons. The highest BCUT2D eigenvalue weighted by atomic mass is 35.5. The van der Waals surface area contributed by atoms with Crippen molar-refractivity contribution < 1.29 is 13.9 Å². The molecule has 0 spiro atoms. The Morgan fingerprint density at radius 3 is 2.55 bits per heavy atom. The van der Waals surface area contributed by atoms with Gasteiger partial charge in [-0.25, -0.2) is 4.39 Å². The summed E-state index contributed by atoms with van der Waals surface area (Å²) in [5.41, 5.74) is 6.78. The van der Waals surface area contributed by atoms with E-state index >= 15 is 0 Å². The second kappa shape index (κ2) is 11.1. The quantitative estimate of drug-likeness (QED) is 0.709. The van der Waals surface area contributed by atoms with E-state index < -0.39 is 5.82 Å². The Morgan fingerprint density at radius 1 is 1.13 bits per heavy atom. The molecular formula is C23H30Cl2FN3O2. The van der Waals surface area contributed by atoms with Crippen molar-refractivity contribution in [2.45, 2.75) is 38.3 Å². The summed E-state index contributed by atoms with van der Waals surface area (Å²) >= 11 is 0. The fraction of sp³-hybridized carbons (Fsp3) is 0.435. The molecule has 2 heterocycles. The Balaban J connectivity index is 0.00000171. The first-order valence-electron chi connectivity index (χ1n) is 10.4. The van der Waals surface area contributed by atoms with E-state index in [1.165, 1.54) is 18.6 Å². The van der Waals surface area contributed by atoms with Gasteiger partial charge >= 0.3 is 0 Å². The zero-order valence-corrected chi connectivity index (χ0v) is 19.3. The topological polar surface area (TPSA) is 58.8 Å². The van der Waals surface area contributed by atoms with Crippen LogP contribution in [0.1, 0.15) is 35.7 Å². The minimum absolute atomic E-state index is 0. The van der Waals surface area contributed by atoms with Crippen LogP contribution < -0.4 is 10.5 Å². The molecule has 5 nitrogen and oxygen atoms in total. The number of amides is 1. The summed E-state index contributed by atoms with van der Waals surface area (Å²) in [6.07, 6.45) is 3.07. The van der Waals surface area contributed by atoms with Crippen LogP contribution in [-0.4, -0.2) is 54.0 Å². The summed E-state index contributed by atoms with van der Waals surface area (Å²) in [7, 11) is 0. The van der Waals surface area contributed by atoms with E-state index in [0.29, 0.717) is 30.6 Å². The molecule has 0 aromatic heterocycles. The molecule has 2 aliphatic heterocycles. The summed E-state index contributed by atoms with van der Waals surface area (Å²) in [4.78, 5) is 17.4. The van der Waals surface area contributed by atoms with E-state index in [1.54, 1.807) is 6.07 Å². The van der Waals surface area contributed by atoms with E-state index in [1.807, 2.05) is 36.1 Å². The third-order valence-corrected chi connectivity index (χ3v) is 5.96. The molecule has 2 fully saturated rings. The van der Waals surface area contributed by atoms with Gasteiger partial charge in [-0.05, 0) is 75.2 Å². The number of nitrogens with zero attached hydrogens (tertiary/aromatic N) is 2. The largest absolute Gasteiger partial charge is 0.457 e. The number of ether oxygens (including phenoxy) is 1. The number of nitrogens with two attached hydrogens (primary N) is 1. The Labute approximate surface area is 195 Å². The maximum Gasteiger partial charge on any atom is 0.257 e. The van der Waals surface area contributed by atoms with Gasteiger partial charge in [0.15, 0.2) is 0 Å². The molecule has 2 aliphatic rings. The van der Waals surface area contributed by atoms with E-state index in [9.17, 15) is 9.18 Å². The number of hydrogen-bond acceptors (Lipinski definition) is 4. The van der Waals surface area contributed by atoms with E-state index in [2.05, 4.69) is 4.90 Å². The van der Waals surface area contributed by atoms with Crippen molar-refractivity contribution in [1.29, 1.82) is 0 Å². The standard InChI is InChI=1S/C23H28FN3O2.2ClH/c1-16-14-26-12-2-3-18(26)15-27(16)23(28)21-13-20(8-9-22(21)24)29-19-6-4-17(5-7-19)10-11-25;;/h4-9,13,16,18H,2-3,10-12,14-15,25H2,1H3;2*1H/t16-,18+;;/m1../s1. The second-order valence-electron chi connectivity index (χ2n) is 8.02. The number of benzene rings is 2. The minimum Gasteiger partial charge on any atom is -0.457 e. The van der Waals surface area contributed by atoms with Crippen LogP contribution in [0.2, 0.25) is 0 Å². The van der Waals surface area contributed by atoms with Crippen molar-refractivity contribution >= 4 is 30.7 Å². The highest BCUT2D eigenvalue weighted by Crippen LogP contribution is 2.28. The molecule has 0 aliphatic carbocycles. The van der Waals surface area contributed by atoms with E-state index in [-0.39, 0.29) is 42.3 Å². The van der Waals surface area contributed by atoms with Crippen molar-refractivity contribution in [1.82, 2.24) is 9.80 Å². The highest BCUT2D eigenvalue weighted by molar-refractivity contribution is 5.95. The first kappa shape index (κ1) is 25.4. The molecule has 0 radical (unpaired) electrons. The lowest BCUT2D eigenvalue weighted by Gasteiger charge is -2.42. The summed E-state index contributed by atoms with van der Waals surface area (Å²) < 4.78 is 20.4. The van der Waals surface area contributed by atoms with Crippen molar-refractivity contribution in [2.75, 3.05) is 26.2 Å². The van der Waals surface area contributed by atoms with Gasteiger partial charge in [0.05, 0.1) is 5.56 Å². The van der Waals surface area contributed by atoms with E-state index in [0.717, 1.165) is 31.5 Å². The molecule has 31 heavy (non-hydrogen) atoms. The fourth-order valence-corrected chi connectivity index (χ4v) is 4.38. The molecule has 2 atom stereocenters. The molecule has 8 heteroatoms. The van der Waals surface area contributed by atoms with Gasteiger partial charge in [-0.2, -0.15) is 0 Å². The average Bonchev–Trinajstić information content (AvgIpc) is 3.17. The van der Waals surface area contributed by atoms with Crippen molar-refractivity contribution in [3.63, 3.8) is 0 Å². The Hall–Kier alpha value is -1.86. The van der Waals surface area contributed by atoms with Crippen LogP contribution in [0, 0.1) is 5.82 Å². The normalized spacial score (nSPS) is 20.4. The van der Waals surface area contributed by atoms with Crippen LogP contribution in [0.3, 0.4) is 0 Å². The number of halogens is 3. The lowest BCUT2D eigenvalue weighted by atomic mass is 10.1. The molecule has 0 bridgehead atoms. The van der Waals surface area contributed by atoms with Crippen LogP contribution in [0.4, 0.5) is 4.39 Å². The number of hydrogen-bond donors (Lipinski definition) is 1. The molecule has 1 amide bonds. The summed E-state index contributed by atoms with van der Waals surface area (Å²) in [5.74, 6) is 0.323. The second-order valence-corrected chi connectivity index (χ2v) is 8.02. The van der Waals surface area contributed by atoms with Crippen LogP contribution in [-0.2, 0) is 6.42 Å². The maximum atomic E-state index is 14.5. The summed E-state index contributed by atoms with van der Waals surface area (Å²) in [6.45, 7) is 5.24. The van der Waals surface area contributed by atoms with Crippen LogP contribution in [0.15, 0.2) is 42.5 Å². The number of piperazine rings is 1. The molecule has 2 N–H and O–H groups in total. The average molecular weight is 470 g/mol. The molecule has 2 aromatic rings. The van der Waals surface area contributed by atoms with Crippen molar-refractivity contribution in [3.05, 3.63) is 59.4 Å². The van der Waals surface area contributed by atoms with Gasteiger partial charge in [-0.1, -0.05) is 12.1 Å². The van der Waals surface area contributed by atoms with Gasteiger partial charge in [0.1, 0.15) is 17.3 Å². The fourth-order valence-electron chi connectivity index (χ4n) is 4.38. The van der Waals surface area contributed by atoms with Gasteiger partial charge < -0.3 is 15.4 Å². The Kier molecular flexibility index (Phi) is 9.13. The Morgan fingerprint density at radius 2 is 1.84 bits per heavy atom. The van der Waals surface area contributed by atoms with E-state index in [4.69, 9.17) is 10.5 Å². The lowest BCUT2D eigenvalue weighted by Crippen LogP contribution is -2.56. The molecular weight excluding hydrogens is 440 g/mol. The monoisotopic (exact) mass is 469 g/mol. The van der Waals surface area contributed by atoms with Crippen molar-refractivity contribution in [3.8, 4) is 11.5 Å². The number of fused-ring (bicyclic) bond motifs is 1. The molecule has 0 saturated carbocycles. The third kappa shape index (κ3) is 5.69. The van der Waals surface area contributed by atoms with Gasteiger partial charge in [0.2, 0.25) is 0 Å². The SMILES string of the molecule is C[C@@H]1CN2CCC[C@H]2CN1C(=O)c1cc(Oc2ccc(CCN)cc2)ccc1F.Cl.Cl. The Bertz CT molecular complexity index is 882. The van der Waals surface area contributed by atoms with Gasteiger partial charge in [-0.15, -0.1) is 24.8 Å². The highest BCUT2D eigenvalue weighted by Gasteiger charge is 2.37. The number of carbonyl (C=O) groups is 1. The summed E-state index contributed by atoms with van der Waals surface area (Å²) in [6, 6.07) is 12.5. The minimum atomic E-state index is -0.512. The van der Waals surface area contributed by atoms with Gasteiger partial charge in [0, 0.05) is 25.2 Å². The third-order valence-electron chi connectivity index (χ3n) is 5.96. The number of rotatable bonds is 5. The molecule has 4 rings (SSSR count). The van der Waals surface area contributed by atoms with Crippen LogP contribution >= 0.6 is 24.8 Å². The smallest absolute Gasteiger partial charge is 0.257 e. The molecule has 0 unspecified atom stereocenters. The molecule has 2 aromatic carbocycles. The number of carbonyl (C=O) groups excluding carboxylic acids is 1. The maximum absolute atomic E-state index is 14.5. The van der Waals surface area contributed by atoms with Gasteiger partial charge in [0.25, 0.3) is 5.91 Å². The predicted octanol–water partition coefficient (Wildman–Crippen LogP) is 4.27. The zero-order chi connectivity index (χ0) is 20.4. The van der Waals surface area contributed by atoms with Gasteiger partial charge in [-0.3, -0.25) is 9.69 Å². The van der Waals surface area contributed by atoms with Crippen molar-refractivity contribution in [2.24, 2.45) is 5.73 Å². The molecule has 2 saturated heterocycles. The first-order valence-corrected chi connectivity index (χ1v) is 10.4. The van der Waals surface area contributed by atoms with Crippen LogP contribution in [0.25, 0.3) is 0 Å². The lowest BCUT2D eigenvalue weighted by molar-refractivity contribution is 0.0391. The first-order chi connectivity index (χ1) is 14.0. The predicted molar refractivity (Wildman–Crippen MR) is 125 cm³/mol. The summed E-state index contributed by atoms with van der Waals surface area (Å²) in [5, 5.41) is 0.